The number of carboxylic acid groups (broad SMARTS) is 1. The van der Waals surface area contributed by atoms with Gasteiger partial charge < -0.3 is 15.3 Å². The van der Waals surface area contributed by atoms with Crippen molar-refractivity contribution in [3.8, 4) is 0 Å². The first-order valence-electron chi connectivity index (χ1n) is 5.56. The zero-order chi connectivity index (χ0) is 12.3. The molecule has 92 valence electrons. The number of nitrogens with one attached hydrogen (secondary N) is 1. The van der Waals surface area contributed by atoms with E-state index < -0.39 is 11.9 Å². The van der Waals surface area contributed by atoms with Gasteiger partial charge in [0.1, 0.15) is 0 Å². The summed E-state index contributed by atoms with van der Waals surface area (Å²) in [4.78, 5) is 23.6. The third-order valence-corrected chi connectivity index (χ3v) is 3.09. The van der Waals surface area contributed by atoms with Crippen LogP contribution in [-0.4, -0.2) is 42.1 Å². The summed E-state index contributed by atoms with van der Waals surface area (Å²) in [6.07, 6.45) is 2.31. The second-order valence-electron chi connectivity index (χ2n) is 5.09. The molecule has 5 nitrogen and oxygen atoms in total. The van der Waals surface area contributed by atoms with E-state index in [1.54, 1.807) is 14.0 Å². The van der Waals surface area contributed by atoms with E-state index in [0.717, 1.165) is 12.8 Å². The summed E-state index contributed by atoms with van der Waals surface area (Å²) >= 11 is 0. The van der Waals surface area contributed by atoms with E-state index in [2.05, 4.69) is 12.2 Å². The van der Waals surface area contributed by atoms with Gasteiger partial charge in [-0.25, -0.2) is 4.79 Å². The second kappa shape index (κ2) is 4.72. The molecule has 1 saturated carbocycles. The Bertz CT molecular complexity index is 287. The van der Waals surface area contributed by atoms with E-state index in [1.807, 2.05) is 0 Å². The molecule has 1 atom stereocenters. The quantitative estimate of drug-likeness (QED) is 0.741. The lowest BCUT2D eigenvalue weighted by molar-refractivity contribution is -0.141. The fourth-order valence-electron chi connectivity index (χ4n) is 1.39. The van der Waals surface area contributed by atoms with E-state index >= 15 is 0 Å². The van der Waals surface area contributed by atoms with E-state index in [9.17, 15) is 9.59 Å². The molecular weight excluding hydrogens is 208 g/mol. The Morgan fingerprint density at radius 1 is 1.50 bits per heavy atom. The van der Waals surface area contributed by atoms with Crippen molar-refractivity contribution < 1.29 is 14.7 Å². The Hall–Kier alpha value is -1.26. The lowest BCUT2D eigenvalue weighted by Gasteiger charge is -2.21. The normalized spacial score (nSPS) is 18.7. The van der Waals surface area contributed by atoms with Crippen LogP contribution in [0.5, 0.6) is 0 Å². The van der Waals surface area contributed by atoms with Crippen LogP contribution in [0.25, 0.3) is 0 Å². The van der Waals surface area contributed by atoms with Gasteiger partial charge in [0.2, 0.25) is 0 Å². The standard InChI is InChI=1S/C11H20N2O3/c1-8(9(14)15)6-13(3)10(16)12-7-11(2)4-5-11/h8H,4-7H2,1-3H3,(H,12,16)(H,14,15). The monoisotopic (exact) mass is 228 g/mol. The molecule has 0 saturated heterocycles. The average Bonchev–Trinajstić information content (AvgIpc) is 2.93. The topological polar surface area (TPSA) is 69.6 Å². The average molecular weight is 228 g/mol. The third kappa shape index (κ3) is 3.72. The number of carboxylic acids is 1. The van der Waals surface area contributed by atoms with Gasteiger partial charge in [-0.3, -0.25) is 4.79 Å². The number of urea groups is 1. The molecule has 1 aliphatic rings. The Balaban J connectivity index is 2.27. The van der Waals surface area contributed by atoms with Crippen LogP contribution in [0, 0.1) is 11.3 Å². The highest BCUT2D eigenvalue weighted by Crippen LogP contribution is 2.43. The molecule has 1 aliphatic carbocycles. The van der Waals surface area contributed by atoms with Gasteiger partial charge in [0.05, 0.1) is 5.92 Å². The largest absolute Gasteiger partial charge is 0.481 e. The molecule has 1 rings (SSSR count). The minimum atomic E-state index is -0.881. The maximum absolute atomic E-state index is 11.6. The number of amides is 2. The minimum absolute atomic E-state index is 0.193. The van der Waals surface area contributed by atoms with Gasteiger partial charge in [-0.15, -0.1) is 0 Å². The van der Waals surface area contributed by atoms with Crippen molar-refractivity contribution >= 4 is 12.0 Å². The van der Waals surface area contributed by atoms with Gasteiger partial charge >= 0.3 is 12.0 Å². The summed E-state index contributed by atoms with van der Waals surface area (Å²) in [5.41, 5.74) is 0.273. The Labute approximate surface area is 95.8 Å². The van der Waals surface area contributed by atoms with Gasteiger partial charge in [-0.05, 0) is 18.3 Å². The minimum Gasteiger partial charge on any atom is -0.481 e. The molecule has 0 bridgehead atoms. The zero-order valence-corrected chi connectivity index (χ0v) is 10.1. The summed E-state index contributed by atoms with van der Waals surface area (Å²) in [6.45, 7) is 4.64. The molecule has 0 aromatic carbocycles. The predicted octanol–water partition coefficient (Wildman–Crippen LogP) is 1.15. The molecule has 5 heteroatoms. The summed E-state index contributed by atoms with van der Waals surface area (Å²) in [5, 5.41) is 11.5. The van der Waals surface area contributed by atoms with Crippen LogP contribution >= 0.6 is 0 Å². The maximum atomic E-state index is 11.6. The lowest BCUT2D eigenvalue weighted by atomic mass is 10.1. The maximum Gasteiger partial charge on any atom is 0.317 e. The highest BCUT2D eigenvalue weighted by molar-refractivity contribution is 5.75. The van der Waals surface area contributed by atoms with Crippen LogP contribution in [-0.2, 0) is 4.79 Å². The molecule has 0 radical (unpaired) electrons. The molecule has 0 aliphatic heterocycles. The molecule has 0 aromatic rings. The molecular formula is C11H20N2O3. The number of nitrogens with zero attached hydrogens (tertiary/aromatic N) is 1. The smallest absolute Gasteiger partial charge is 0.317 e. The fourth-order valence-corrected chi connectivity index (χ4v) is 1.39. The summed E-state index contributed by atoms with van der Waals surface area (Å²) < 4.78 is 0. The van der Waals surface area contributed by atoms with E-state index in [0.29, 0.717) is 6.54 Å². The highest BCUT2D eigenvalue weighted by Gasteiger charge is 2.37. The van der Waals surface area contributed by atoms with Crippen molar-refractivity contribution in [3.63, 3.8) is 0 Å². The number of aliphatic carboxylic acids is 1. The summed E-state index contributed by atoms with van der Waals surface area (Å²) in [6, 6.07) is -0.193. The number of rotatable bonds is 5. The zero-order valence-electron chi connectivity index (χ0n) is 10.1. The number of carbonyl (C=O) groups excluding carboxylic acids is 1. The van der Waals surface area contributed by atoms with E-state index in [4.69, 9.17) is 5.11 Å². The Kier molecular flexibility index (Phi) is 3.78. The first-order valence-corrected chi connectivity index (χ1v) is 5.56. The molecule has 0 spiro atoms. The third-order valence-electron chi connectivity index (χ3n) is 3.09. The second-order valence-corrected chi connectivity index (χ2v) is 5.09. The van der Waals surface area contributed by atoms with Crippen LogP contribution < -0.4 is 5.32 Å². The van der Waals surface area contributed by atoms with Gasteiger partial charge in [-0.1, -0.05) is 13.8 Å². The SMILES string of the molecule is CC(CN(C)C(=O)NCC1(C)CC1)C(=O)O. The molecule has 1 unspecified atom stereocenters. The van der Waals surface area contributed by atoms with Gasteiger partial charge in [0.25, 0.3) is 0 Å². The molecule has 2 N–H and O–H groups in total. The fraction of sp³-hybridized carbons (Fsp3) is 0.818. The van der Waals surface area contributed by atoms with Crippen molar-refractivity contribution in [2.24, 2.45) is 11.3 Å². The summed E-state index contributed by atoms with van der Waals surface area (Å²) in [7, 11) is 1.62. The van der Waals surface area contributed by atoms with Crippen molar-refractivity contribution in [1.29, 1.82) is 0 Å². The van der Waals surface area contributed by atoms with E-state index in [-0.39, 0.29) is 18.0 Å². The molecule has 0 heterocycles. The van der Waals surface area contributed by atoms with Crippen molar-refractivity contribution in [3.05, 3.63) is 0 Å². The van der Waals surface area contributed by atoms with Crippen LogP contribution in [0.15, 0.2) is 0 Å². The highest BCUT2D eigenvalue weighted by atomic mass is 16.4. The van der Waals surface area contributed by atoms with Crippen LogP contribution in [0.4, 0.5) is 4.79 Å². The van der Waals surface area contributed by atoms with Gasteiger partial charge in [0, 0.05) is 20.1 Å². The molecule has 2 amide bonds. The lowest BCUT2D eigenvalue weighted by Crippen LogP contribution is -2.42. The van der Waals surface area contributed by atoms with Crippen molar-refractivity contribution in [2.45, 2.75) is 26.7 Å². The first kappa shape index (κ1) is 12.8. The van der Waals surface area contributed by atoms with Crippen LogP contribution in [0.1, 0.15) is 26.7 Å². The van der Waals surface area contributed by atoms with Crippen molar-refractivity contribution in [1.82, 2.24) is 10.2 Å². The number of carbonyl (C=O) groups is 2. The van der Waals surface area contributed by atoms with Crippen molar-refractivity contribution in [2.75, 3.05) is 20.1 Å². The summed E-state index contributed by atoms with van der Waals surface area (Å²) in [5.74, 6) is -1.42. The Morgan fingerprint density at radius 2 is 2.06 bits per heavy atom. The van der Waals surface area contributed by atoms with Crippen LogP contribution in [0.2, 0.25) is 0 Å². The predicted molar refractivity (Wildman–Crippen MR) is 60.2 cm³/mol. The first-order chi connectivity index (χ1) is 7.34. The van der Waals surface area contributed by atoms with Crippen LogP contribution in [0.3, 0.4) is 0 Å². The number of hydrogen-bond acceptors (Lipinski definition) is 2. The molecule has 1 fully saturated rings. The van der Waals surface area contributed by atoms with Gasteiger partial charge in [-0.2, -0.15) is 0 Å². The number of hydrogen-bond donors (Lipinski definition) is 2. The molecule has 16 heavy (non-hydrogen) atoms. The van der Waals surface area contributed by atoms with Gasteiger partial charge in [0.15, 0.2) is 0 Å². The van der Waals surface area contributed by atoms with E-state index in [1.165, 1.54) is 4.90 Å². The Morgan fingerprint density at radius 3 is 2.50 bits per heavy atom. The molecule has 0 aromatic heterocycles.